The predicted octanol–water partition coefficient (Wildman–Crippen LogP) is -1.32. The Labute approximate surface area is 116 Å². The van der Waals surface area contributed by atoms with Crippen molar-refractivity contribution < 1.29 is 14.6 Å². The van der Waals surface area contributed by atoms with Crippen LogP contribution in [0.25, 0.3) is 11.4 Å². The minimum Gasteiger partial charge on any atom is -0.548 e. The maximum absolute atomic E-state index is 10.5. The molecule has 0 saturated heterocycles. The van der Waals surface area contributed by atoms with Gasteiger partial charge in [0.2, 0.25) is 0 Å². The van der Waals surface area contributed by atoms with Gasteiger partial charge in [0.15, 0.2) is 18.6 Å². The van der Waals surface area contributed by atoms with Crippen LogP contribution < -0.4 is 15.5 Å². The number of hydrogen-bond donors (Lipinski definition) is 1. The number of carbonyl (C=O) groups is 1. The summed E-state index contributed by atoms with van der Waals surface area (Å²) in [6.45, 7) is 0.594. The highest BCUT2D eigenvalue weighted by atomic mass is 16.4. The predicted molar refractivity (Wildman–Crippen MR) is 67.7 cm³/mol. The molecule has 0 spiro atoms. The first-order chi connectivity index (χ1) is 9.66. The lowest BCUT2D eigenvalue weighted by atomic mass is 10.2. The molecule has 7 heteroatoms. The van der Waals surface area contributed by atoms with Crippen molar-refractivity contribution in [3.63, 3.8) is 0 Å². The van der Waals surface area contributed by atoms with Gasteiger partial charge in [0.1, 0.15) is 6.20 Å². The fourth-order valence-corrected chi connectivity index (χ4v) is 1.69. The highest BCUT2D eigenvalue weighted by Gasteiger charge is 2.08. The van der Waals surface area contributed by atoms with Crippen molar-refractivity contribution in [2.45, 2.75) is 25.4 Å². The van der Waals surface area contributed by atoms with Gasteiger partial charge in [0.05, 0.1) is 5.97 Å². The van der Waals surface area contributed by atoms with Crippen LogP contribution in [0, 0.1) is 0 Å². The van der Waals surface area contributed by atoms with E-state index < -0.39 is 12.0 Å². The van der Waals surface area contributed by atoms with E-state index in [4.69, 9.17) is 5.73 Å². The van der Waals surface area contributed by atoms with Gasteiger partial charge in [-0.3, -0.25) is 0 Å². The minimum atomic E-state index is -1.22. The Morgan fingerprint density at radius 2 is 2.15 bits per heavy atom. The van der Waals surface area contributed by atoms with Gasteiger partial charge in [-0.05, 0) is 17.6 Å². The summed E-state index contributed by atoms with van der Waals surface area (Å²) < 4.78 is 1.72. The quantitative estimate of drug-likeness (QED) is 0.654. The van der Waals surface area contributed by atoms with Gasteiger partial charge in [0.25, 0.3) is 0 Å². The number of rotatable bonds is 6. The number of carboxylic acids is 1. The van der Waals surface area contributed by atoms with Crippen molar-refractivity contribution in [1.82, 2.24) is 15.1 Å². The molecule has 2 rings (SSSR count). The highest BCUT2D eigenvalue weighted by Crippen LogP contribution is 2.09. The number of nitrogens with zero attached hydrogens (tertiary/aromatic N) is 4. The molecule has 0 saturated carbocycles. The Morgan fingerprint density at radius 1 is 1.40 bits per heavy atom. The van der Waals surface area contributed by atoms with Gasteiger partial charge >= 0.3 is 0 Å². The van der Waals surface area contributed by atoms with E-state index in [9.17, 15) is 9.90 Å². The first-order valence-electron chi connectivity index (χ1n) is 6.26. The zero-order valence-corrected chi connectivity index (χ0v) is 10.8. The van der Waals surface area contributed by atoms with Crippen LogP contribution in [0.1, 0.15) is 12.8 Å². The molecule has 0 unspecified atom stereocenters. The van der Waals surface area contributed by atoms with Crippen molar-refractivity contribution >= 4 is 5.97 Å². The van der Waals surface area contributed by atoms with Crippen LogP contribution in [0.5, 0.6) is 0 Å². The van der Waals surface area contributed by atoms with Gasteiger partial charge in [-0.15, -0.1) is 0 Å². The Kier molecular flexibility index (Phi) is 4.67. The molecule has 20 heavy (non-hydrogen) atoms. The molecule has 2 heterocycles. The van der Waals surface area contributed by atoms with Gasteiger partial charge in [0, 0.05) is 36.5 Å². The van der Waals surface area contributed by atoms with Gasteiger partial charge in [-0.1, -0.05) is 4.68 Å². The third-order valence-corrected chi connectivity index (χ3v) is 2.80. The van der Waals surface area contributed by atoms with Gasteiger partial charge < -0.3 is 15.6 Å². The van der Waals surface area contributed by atoms with E-state index >= 15 is 0 Å². The van der Waals surface area contributed by atoms with Crippen molar-refractivity contribution in [3.05, 3.63) is 36.9 Å². The van der Waals surface area contributed by atoms with Crippen LogP contribution in [-0.2, 0) is 11.3 Å². The van der Waals surface area contributed by atoms with Crippen LogP contribution in [0.2, 0.25) is 0 Å². The molecule has 0 radical (unpaired) electrons. The fourth-order valence-electron chi connectivity index (χ4n) is 1.69. The average molecular weight is 273 g/mol. The standard InChI is InChI=1S/C13H15N5O2/c14-11(13(19)20)3-1-7-18-8-4-10(9-17-18)12-15-5-2-6-16-12/h2,4-6,8-9,11H,1,3,7,14H2/t11-/m0/s1. The largest absolute Gasteiger partial charge is 0.548 e. The second-order valence-electron chi connectivity index (χ2n) is 4.32. The van der Waals surface area contributed by atoms with Crippen molar-refractivity contribution in [2.75, 3.05) is 0 Å². The zero-order valence-electron chi connectivity index (χ0n) is 10.8. The van der Waals surface area contributed by atoms with E-state index in [1.807, 2.05) is 6.07 Å². The molecule has 104 valence electrons. The lowest BCUT2D eigenvalue weighted by Gasteiger charge is -2.10. The number of aryl methyl sites for hydroxylation is 1. The summed E-state index contributed by atoms with van der Waals surface area (Å²) in [5.41, 5.74) is 6.20. The smallest absolute Gasteiger partial charge is 0.197 e. The highest BCUT2D eigenvalue weighted by molar-refractivity contribution is 5.70. The van der Waals surface area contributed by atoms with E-state index in [0.29, 0.717) is 25.2 Å². The summed E-state index contributed by atoms with van der Waals surface area (Å²) >= 11 is 0. The number of aromatic nitrogens is 4. The number of carboxylic acid groups (broad SMARTS) is 1. The lowest BCUT2D eigenvalue weighted by molar-refractivity contribution is -0.754. The number of carbonyl (C=O) groups excluding carboxylic acids is 1. The summed E-state index contributed by atoms with van der Waals surface area (Å²) in [5, 5.41) is 14.7. The Balaban J connectivity index is 1.91. The third kappa shape index (κ3) is 3.79. The molecule has 2 aromatic rings. The molecule has 2 N–H and O–H groups in total. The van der Waals surface area contributed by atoms with Crippen LogP contribution in [0.15, 0.2) is 36.9 Å². The summed E-state index contributed by atoms with van der Waals surface area (Å²) in [6, 6.07) is 2.69. The number of hydrogen-bond acceptors (Lipinski definition) is 6. The zero-order chi connectivity index (χ0) is 14.4. The Hall–Kier alpha value is -2.41. The molecule has 0 bridgehead atoms. The second kappa shape index (κ2) is 6.67. The maximum atomic E-state index is 10.5. The summed E-state index contributed by atoms with van der Waals surface area (Å²) in [5.74, 6) is -0.606. The minimum absolute atomic E-state index is 0.362. The van der Waals surface area contributed by atoms with Gasteiger partial charge in [-0.2, -0.15) is 0 Å². The topological polar surface area (TPSA) is 109 Å². The van der Waals surface area contributed by atoms with Crippen molar-refractivity contribution in [2.24, 2.45) is 5.73 Å². The Morgan fingerprint density at radius 3 is 2.75 bits per heavy atom. The van der Waals surface area contributed by atoms with Gasteiger partial charge in [-0.25, -0.2) is 9.97 Å². The SMILES string of the molecule is N[C@@H](CCC[n+]1ccc(-c2ncccn2)cn1)C(=O)[O-]. The lowest BCUT2D eigenvalue weighted by Crippen LogP contribution is -2.43. The van der Waals surface area contributed by atoms with Crippen LogP contribution in [0.3, 0.4) is 0 Å². The first kappa shape index (κ1) is 14.0. The molecule has 0 aliphatic heterocycles. The van der Waals surface area contributed by atoms with E-state index in [0.717, 1.165) is 5.56 Å². The van der Waals surface area contributed by atoms with Crippen molar-refractivity contribution in [1.29, 1.82) is 0 Å². The molecular formula is C13H15N5O2. The third-order valence-electron chi connectivity index (χ3n) is 2.80. The second-order valence-corrected chi connectivity index (χ2v) is 4.32. The molecule has 7 nitrogen and oxygen atoms in total. The molecule has 1 atom stereocenters. The molecule has 0 fully saturated rings. The van der Waals surface area contributed by atoms with Crippen LogP contribution in [-0.4, -0.2) is 27.1 Å². The average Bonchev–Trinajstić information content (AvgIpc) is 2.48. The first-order valence-corrected chi connectivity index (χ1v) is 6.26. The number of nitrogens with two attached hydrogens (primary N) is 1. The molecule has 0 amide bonds. The molecule has 0 aliphatic carbocycles. The molecular weight excluding hydrogens is 258 g/mol. The Bertz CT molecular complexity index is 559. The summed E-state index contributed by atoms with van der Waals surface area (Å²) in [7, 11) is 0. The van der Waals surface area contributed by atoms with Crippen molar-refractivity contribution in [3.8, 4) is 11.4 Å². The number of aliphatic carboxylic acids is 1. The van der Waals surface area contributed by atoms with E-state index in [1.165, 1.54) is 0 Å². The molecule has 0 aliphatic rings. The van der Waals surface area contributed by atoms with E-state index in [2.05, 4.69) is 15.1 Å². The monoisotopic (exact) mass is 273 g/mol. The maximum Gasteiger partial charge on any atom is 0.197 e. The summed E-state index contributed by atoms with van der Waals surface area (Å²) in [6.07, 6.45) is 7.80. The van der Waals surface area contributed by atoms with E-state index in [-0.39, 0.29) is 0 Å². The normalized spacial score (nSPS) is 12.1. The molecule has 2 aromatic heterocycles. The van der Waals surface area contributed by atoms with Crippen LogP contribution in [0.4, 0.5) is 0 Å². The molecule has 0 aromatic carbocycles. The van der Waals surface area contributed by atoms with Crippen LogP contribution >= 0.6 is 0 Å². The van der Waals surface area contributed by atoms with E-state index in [1.54, 1.807) is 35.5 Å². The fraction of sp³-hybridized carbons (Fsp3) is 0.308. The summed E-state index contributed by atoms with van der Waals surface area (Å²) in [4.78, 5) is 18.7.